The van der Waals surface area contributed by atoms with Crippen molar-refractivity contribution in [3.05, 3.63) is 47.6 Å². The number of aliphatic hydroxyl groups excluding tert-OH is 1. The quantitative estimate of drug-likeness (QED) is 0.231. The van der Waals surface area contributed by atoms with E-state index < -0.39 is 58.3 Å². The van der Waals surface area contributed by atoms with Gasteiger partial charge in [0.05, 0.1) is 12.2 Å². The molecule has 0 heterocycles. The SMILES string of the molecule is CCCC=CC=CC(=O)OC1C(C)C2(O)C3C=C(C)C(=O)C3CC(CO)=CC2C2C(C)(C)C12OC(C)=O. The number of fused-ring (bicyclic) bond motifs is 5. The second-order valence-corrected chi connectivity index (χ2v) is 11.8. The van der Waals surface area contributed by atoms with Crippen molar-refractivity contribution in [2.24, 2.45) is 35.0 Å². The fraction of sp³-hybridized carbons (Fsp3) is 0.633. The molecule has 4 rings (SSSR count). The fourth-order valence-corrected chi connectivity index (χ4v) is 7.64. The van der Waals surface area contributed by atoms with Crippen LogP contribution in [0.15, 0.2) is 47.6 Å². The van der Waals surface area contributed by atoms with Crippen LogP contribution >= 0.6 is 0 Å². The lowest BCUT2D eigenvalue weighted by molar-refractivity contribution is -0.217. The van der Waals surface area contributed by atoms with Crippen LogP contribution < -0.4 is 0 Å². The monoisotopic (exact) mass is 512 g/mol. The van der Waals surface area contributed by atoms with Gasteiger partial charge in [-0.3, -0.25) is 9.59 Å². The summed E-state index contributed by atoms with van der Waals surface area (Å²) < 4.78 is 12.1. The number of Topliss-reactive ketones (excluding diaryl/α,β-unsaturated/α-hetero) is 1. The number of unbranched alkanes of at least 4 members (excludes halogenated alkanes) is 1. The molecule has 4 aliphatic carbocycles. The number of carbonyl (C=O) groups is 3. The van der Waals surface area contributed by atoms with Crippen molar-refractivity contribution in [2.75, 3.05) is 6.61 Å². The molecular weight excluding hydrogens is 472 g/mol. The minimum Gasteiger partial charge on any atom is -0.455 e. The van der Waals surface area contributed by atoms with E-state index in [-0.39, 0.29) is 18.3 Å². The van der Waals surface area contributed by atoms with Crippen molar-refractivity contribution in [1.82, 2.24) is 0 Å². The Morgan fingerprint density at radius 3 is 2.51 bits per heavy atom. The minimum absolute atomic E-state index is 0.0344. The molecule has 0 aromatic rings. The zero-order chi connectivity index (χ0) is 27.3. The lowest BCUT2D eigenvalue weighted by Crippen LogP contribution is -2.63. The number of rotatable bonds is 7. The molecule has 0 aromatic heterocycles. The van der Waals surface area contributed by atoms with Crippen molar-refractivity contribution in [3.8, 4) is 0 Å². The van der Waals surface area contributed by atoms with Crippen LogP contribution in [0.1, 0.15) is 60.8 Å². The Morgan fingerprint density at radius 2 is 1.89 bits per heavy atom. The van der Waals surface area contributed by atoms with Gasteiger partial charge >= 0.3 is 11.9 Å². The number of ketones is 1. The van der Waals surface area contributed by atoms with Gasteiger partial charge in [0.15, 0.2) is 11.4 Å². The largest absolute Gasteiger partial charge is 0.455 e. The maximum Gasteiger partial charge on any atom is 0.331 e. The van der Waals surface area contributed by atoms with Crippen LogP contribution in [-0.2, 0) is 23.9 Å². The Balaban J connectivity index is 1.81. The Labute approximate surface area is 219 Å². The highest BCUT2D eigenvalue weighted by atomic mass is 16.6. The van der Waals surface area contributed by atoms with Gasteiger partial charge in [-0.2, -0.15) is 0 Å². The Bertz CT molecular complexity index is 1100. The average molecular weight is 513 g/mol. The number of aliphatic hydroxyl groups is 2. The first-order valence-electron chi connectivity index (χ1n) is 13.4. The van der Waals surface area contributed by atoms with Crippen molar-refractivity contribution in [1.29, 1.82) is 0 Å². The molecule has 7 nitrogen and oxygen atoms in total. The molecule has 0 spiro atoms. The average Bonchev–Trinajstić information content (AvgIpc) is 3.22. The minimum atomic E-state index is -1.45. The van der Waals surface area contributed by atoms with Crippen LogP contribution in [0, 0.1) is 35.0 Å². The summed E-state index contributed by atoms with van der Waals surface area (Å²) in [5.41, 5.74) is -1.94. The highest BCUT2D eigenvalue weighted by molar-refractivity contribution is 6.00. The van der Waals surface area contributed by atoms with Gasteiger partial charge in [-0.25, -0.2) is 4.79 Å². The van der Waals surface area contributed by atoms with E-state index in [0.717, 1.165) is 12.8 Å². The van der Waals surface area contributed by atoms with Gasteiger partial charge in [-0.05, 0) is 30.9 Å². The Hall–Kier alpha value is -2.51. The van der Waals surface area contributed by atoms with E-state index in [1.54, 1.807) is 19.1 Å². The van der Waals surface area contributed by atoms with Crippen LogP contribution in [0.2, 0.25) is 0 Å². The molecule has 37 heavy (non-hydrogen) atoms. The number of allylic oxidation sites excluding steroid dienone is 4. The Morgan fingerprint density at radius 1 is 1.19 bits per heavy atom. The molecule has 2 N–H and O–H groups in total. The summed E-state index contributed by atoms with van der Waals surface area (Å²) in [5.74, 6) is -3.67. The van der Waals surface area contributed by atoms with E-state index >= 15 is 0 Å². The zero-order valence-corrected chi connectivity index (χ0v) is 22.7. The zero-order valence-electron chi connectivity index (χ0n) is 22.7. The first-order chi connectivity index (χ1) is 17.4. The van der Waals surface area contributed by atoms with Crippen molar-refractivity contribution in [2.45, 2.75) is 78.1 Å². The van der Waals surface area contributed by atoms with Crippen LogP contribution in [0.3, 0.4) is 0 Å². The first-order valence-corrected chi connectivity index (χ1v) is 13.4. The standard InChI is InChI=1S/C30H40O7/c1-7-8-9-10-11-12-24(33)36-27-18(3)29(35)22-13-17(2)25(34)21(22)14-20(16-31)15-23(29)26-28(5,6)30(26,27)37-19(4)32/h9-13,15,18,21-23,26-27,31,35H,7-8,14,16H2,1-6H3. The molecule has 0 amide bonds. The van der Waals surface area contributed by atoms with Crippen molar-refractivity contribution < 1.29 is 34.1 Å². The van der Waals surface area contributed by atoms with E-state index in [2.05, 4.69) is 6.92 Å². The van der Waals surface area contributed by atoms with Gasteiger partial charge < -0.3 is 19.7 Å². The summed E-state index contributed by atoms with van der Waals surface area (Å²) in [6.45, 7) is 10.7. The third-order valence-electron chi connectivity index (χ3n) is 9.38. The molecule has 2 fully saturated rings. The molecule has 0 aromatic carbocycles. The van der Waals surface area contributed by atoms with Gasteiger partial charge in [-0.1, -0.05) is 64.5 Å². The lowest BCUT2D eigenvalue weighted by atomic mass is 9.60. The third kappa shape index (κ3) is 4.06. The highest BCUT2D eigenvalue weighted by Gasteiger charge is 2.87. The summed E-state index contributed by atoms with van der Waals surface area (Å²) in [6, 6.07) is 0. The topological polar surface area (TPSA) is 110 Å². The van der Waals surface area contributed by atoms with Gasteiger partial charge in [0.25, 0.3) is 0 Å². The van der Waals surface area contributed by atoms with Crippen molar-refractivity contribution in [3.63, 3.8) is 0 Å². The van der Waals surface area contributed by atoms with Gasteiger partial charge in [0, 0.05) is 48.0 Å². The molecule has 4 aliphatic rings. The predicted octanol–water partition coefficient (Wildman–Crippen LogP) is 3.85. The first kappa shape index (κ1) is 27.5. The second kappa shape index (κ2) is 9.66. The molecule has 8 atom stereocenters. The maximum absolute atomic E-state index is 13.1. The smallest absolute Gasteiger partial charge is 0.331 e. The molecular formula is C30H40O7. The molecule has 8 unspecified atom stereocenters. The van der Waals surface area contributed by atoms with E-state index in [1.165, 1.54) is 13.0 Å². The summed E-state index contributed by atoms with van der Waals surface area (Å²) >= 11 is 0. The normalized spacial score (nSPS) is 39.8. The molecule has 7 heteroatoms. The highest BCUT2D eigenvalue weighted by Crippen LogP contribution is 2.76. The number of esters is 2. The molecule has 2 saturated carbocycles. The summed E-state index contributed by atoms with van der Waals surface area (Å²) in [5, 5.41) is 22.7. The van der Waals surface area contributed by atoms with Crippen LogP contribution in [0.25, 0.3) is 0 Å². The number of ether oxygens (including phenoxy) is 2. The molecule has 202 valence electrons. The van der Waals surface area contributed by atoms with Crippen LogP contribution in [-0.4, -0.2) is 51.8 Å². The van der Waals surface area contributed by atoms with Crippen LogP contribution in [0.5, 0.6) is 0 Å². The number of hydrogen-bond donors (Lipinski definition) is 2. The number of carbonyl (C=O) groups excluding carboxylic acids is 3. The molecule has 0 bridgehead atoms. The van der Waals surface area contributed by atoms with E-state index in [1.807, 2.05) is 39.0 Å². The summed E-state index contributed by atoms with van der Waals surface area (Å²) in [4.78, 5) is 38.5. The lowest BCUT2D eigenvalue weighted by Gasteiger charge is -2.52. The Kier molecular flexibility index (Phi) is 7.19. The van der Waals surface area contributed by atoms with Crippen molar-refractivity contribution >= 4 is 17.7 Å². The van der Waals surface area contributed by atoms with Crippen LogP contribution in [0.4, 0.5) is 0 Å². The maximum atomic E-state index is 13.1. The summed E-state index contributed by atoms with van der Waals surface area (Å²) in [6.07, 6.45) is 11.8. The third-order valence-corrected chi connectivity index (χ3v) is 9.38. The van der Waals surface area contributed by atoms with E-state index in [9.17, 15) is 24.6 Å². The predicted molar refractivity (Wildman–Crippen MR) is 138 cm³/mol. The van der Waals surface area contributed by atoms with Gasteiger partial charge in [-0.15, -0.1) is 0 Å². The summed E-state index contributed by atoms with van der Waals surface area (Å²) in [7, 11) is 0. The van der Waals surface area contributed by atoms with Gasteiger partial charge in [0.1, 0.15) is 6.10 Å². The molecule has 0 saturated heterocycles. The van der Waals surface area contributed by atoms with E-state index in [0.29, 0.717) is 17.6 Å². The second-order valence-electron chi connectivity index (χ2n) is 11.8. The number of hydrogen-bond acceptors (Lipinski definition) is 7. The van der Waals surface area contributed by atoms with E-state index in [4.69, 9.17) is 9.47 Å². The van der Waals surface area contributed by atoms with Gasteiger partial charge in [0.2, 0.25) is 0 Å². The molecule has 0 aliphatic heterocycles. The molecule has 0 radical (unpaired) electrons. The fourth-order valence-electron chi connectivity index (χ4n) is 7.64.